The smallest absolute Gasteiger partial charge is 0.123 e. The van der Waals surface area contributed by atoms with Crippen LogP contribution in [-0.2, 0) is 10.8 Å². The molecular weight excluding hydrogens is 657 g/mol. The Bertz CT molecular complexity index is 831. The van der Waals surface area contributed by atoms with E-state index in [0.717, 1.165) is 84.9 Å². The minimum Gasteiger partial charge on any atom is -0.493 e. The molecule has 0 saturated carbocycles. The zero-order valence-electron chi connectivity index (χ0n) is 29.8. The third kappa shape index (κ3) is 19.1. The highest BCUT2D eigenvalue weighted by molar-refractivity contribution is 8.03. The highest BCUT2D eigenvalue weighted by Gasteiger charge is 2.35. The highest BCUT2D eigenvalue weighted by atomic mass is 32.2. The minimum absolute atomic E-state index is 0.0438. The van der Waals surface area contributed by atoms with E-state index in [0.29, 0.717) is 0 Å². The predicted octanol–water partition coefficient (Wildman–Crippen LogP) is 11.4. The van der Waals surface area contributed by atoms with Crippen LogP contribution in [0.25, 0.3) is 0 Å². The zero-order valence-corrected chi connectivity index (χ0v) is 34.9. The Hall–Kier alpha value is 0.920. The van der Waals surface area contributed by atoms with Crippen molar-refractivity contribution < 1.29 is 9.47 Å². The third-order valence-electron chi connectivity index (χ3n) is 7.08. The van der Waals surface area contributed by atoms with Gasteiger partial charge in [-0.15, -0.1) is 0 Å². The van der Waals surface area contributed by atoms with Crippen LogP contribution < -0.4 is 9.47 Å². The van der Waals surface area contributed by atoms with Crippen LogP contribution in [0, 0.1) is 10.8 Å². The Morgan fingerprint density at radius 1 is 0.500 bits per heavy atom. The van der Waals surface area contributed by atoms with Gasteiger partial charge in [0.2, 0.25) is 0 Å². The molecule has 0 aliphatic carbocycles. The normalized spacial score (nSPS) is 13.0. The van der Waals surface area contributed by atoms with Crippen molar-refractivity contribution in [3.8, 4) is 11.5 Å². The van der Waals surface area contributed by atoms with Crippen molar-refractivity contribution in [2.75, 3.05) is 70.7 Å². The molecule has 0 bridgehead atoms. The molecule has 8 heteroatoms. The van der Waals surface area contributed by atoms with Gasteiger partial charge in [-0.1, -0.05) is 69.2 Å². The second-order valence-corrected chi connectivity index (χ2v) is 21.2. The predicted molar refractivity (Wildman–Crippen MR) is 218 cm³/mol. The van der Waals surface area contributed by atoms with Crippen LogP contribution >= 0.6 is 72.3 Å². The van der Waals surface area contributed by atoms with E-state index in [2.05, 4.69) is 107 Å². The minimum atomic E-state index is -0.0438. The van der Waals surface area contributed by atoms with E-state index >= 15 is 0 Å². The van der Waals surface area contributed by atoms with Gasteiger partial charge in [-0.3, -0.25) is 0 Å². The van der Waals surface area contributed by atoms with Gasteiger partial charge >= 0.3 is 0 Å². The summed E-state index contributed by atoms with van der Waals surface area (Å²) in [5, 5.41) is 0. The molecule has 0 saturated heterocycles. The fourth-order valence-electron chi connectivity index (χ4n) is 6.16. The first-order chi connectivity index (χ1) is 20.5. The van der Waals surface area contributed by atoms with Gasteiger partial charge in [0.1, 0.15) is 11.5 Å². The lowest BCUT2D eigenvalue weighted by atomic mass is 9.69. The van der Waals surface area contributed by atoms with E-state index in [4.69, 9.17) is 9.47 Å². The Labute approximate surface area is 301 Å². The highest BCUT2D eigenvalue weighted by Crippen LogP contribution is 2.47. The molecule has 1 aromatic rings. The van der Waals surface area contributed by atoms with Crippen molar-refractivity contribution in [1.29, 1.82) is 0 Å². The molecule has 0 unspecified atom stereocenters. The number of hydrogen-bond donors (Lipinski definition) is 2. The standard InChI is InChI=1S/C36H66O2S6/c1-33(2,3)27-35(7,8)29-25-32(38-14-12-18-42-22-24-44-20-16-40)30(36(9,10)28-34(4,5)6)26-31(29)37-13-11-17-41-21-23-43-19-15-39/h25-26,39-40H,11-24,27-28H2,1-10H3. The topological polar surface area (TPSA) is 18.5 Å². The SMILES string of the molecule is CC(C)(C)CC(C)(C)c1cc(OCCCSCCSCCS)c(C(C)(C)CC(C)(C)C)cc1OCCCSCCSCCS. The lowest BCUT2D eigenvalue weighted by molar-refractivity contribution is 0.252. The molecule has 1 rings (SSSR count). The molecule has 0 aliphatic heterocycles. The maximum atomic E-state index is 6.71. The van der Waals surface area contributed by atoms with Crippen molar-refractivity contribution >= 4 is 72.3 Å². The van der Waals surface area contributed by atoms with Crippen molar-refractivity contribution in [3.63, 3.8) is 0 Å². The Balaban J connectivity index is 3.21. The number of ether oxygens (including phenoxy) is 2. The first kappa shape index (κ1) is 42.9. The lowest BCUT2D eigenvalue weighted by Crippen LogP contribution is -2.28. The van der Waals surface area contributed by atoms with E-state index in [9.17, 15) is 0 Å². The summed E-state index contributed by atoms with van der Waals surface area (Å²) in [5.41, 5.74) is 2.88. The van der Waals surface area contributed by atoms with Gasteiger partial charge in [0.05, 0.1) is 13.2 Å². The van der Waals surface area contributed by atoms with Gasteiger partial charge < -0.3 is 9.47 Å². The zero-order chi connectivity index (χ0) is 33.3. The number of hydrogen-bond acceptors (Lipinski definition) is 8. The second kappa shape index (κ2) is 21.8. The summed E-state index contributed by atoms with van der Waals surface area (Å²) < 4.78 is 13.4. The molecule has 0 amide bonds. The van der Waals surface area contributed by atoms with Gasteiger partial charge in [-0.2, -0.15) is 72.3 Å². The van der Waals surface area contributed by atoms with Crippen LogP contribution in [0.15, 0.2) is 12.1 Å². The van der Waals surface area contributed by atoms with E-state index < -0.39 is 0 Å². The molecule has 0 N–H and O–H groups in total. The molecular formula is C36H66O2S6. The molecule has 258 valence electrons. The van der Waals surface area contributed by atoms with E-state index in [1.54, 1.807) is 0 Å². The summed E-state index contributed by atoms with van der Waals surface area (Å²) in [5.74, 6) is 13.4. The van der Waals surface area contributed by atoms with Gasteiger partial charge in [0.15, 0.2) is 0 Å². The monoisotopic (exact) mass is 722 g/mol. The van der Waals surface area contributed by atoms with Crippen LogP contribution in [0.3, 0.4) is 0 Å². The van der Waals surface area contributed by atoms with Gasteiger partial charge in [-0.05, 0) is 82.5 Å². The maximum absolute atomic E-state index is 6.71. The Morgan fingerprint density at radius 2 is 0.818 bits per heavy atom. The van der Waals surface area contributed by atoms with Gasteiger partial charge in [0.25, 0.3) is 0 Å². The molecule has 2 nitrogen and oxygen atoms in total. The molecule has 0 atom stereocenters. The number of thiol groups is 2. The third-order valence-corrected chi connectivity index (χ3v) is 12.8. The van der Waals surface area contributed by atoms with Crippen molar-refractivity contribution in [1.82, 2.24) is 0 Å². The van der Waals surface area contributed by atoms with E-state index in [1.165, 1.54) is 34.1 Å². The fourth-order valence-corrected chi connectivity index (χ4v) is 10.5. The van der Waals surface area contributed by atoms with Crippen LogP contribution in [0.5, 0.6) is 11.5 Å². The molecule has 0 aromatic heterocycles. The fraction of sp³-hybridized carbons (Fsp3) is 0.833. The first-order valence-electron chi connectivity index (χ1n) is 16.5. The van der Waals surface area contributed by atoms with Crippen LogP contribution in [-0.4, -0.2) is 70.7 Å². The van der Waals surface area contributed by atoms with E-state index in [1.807, 2.05) is 47.0 Å². The number of rotatable bonds is 24. The molecule has 44 heavy (non-hydrogen) atoms. The lowest BCUT2D eigenvalue weighted by Gasteiger charge is -2.37. The largest absolute Gasteiger partial charge is 0.493 e. The second-order valence-electron chi connectivity index (χ2n) is 15.4. The first-order valence-corrected chi connectivity index (χ1v) is 22.4. The summed E-state index contributed by atoms with van der Waals surface area (Å²) >= 11 is 16.7. The molecule has 0 radical (unpaired) electrons. The Kier molecular flexibility index (Phi) is 21.3. The average molecular weight is 723 g/mol. The summed E-state index contributed by atoms with van der Waals surface area (Å²) in [7, 11) is 0. The summed E-state index contributed by atoms with van der Waals surface area (Å²) in [6.45, 7) is 25.1. The van der Waals surface area contributed by atoms with Crippen LogP contribution in [0.1, 0.15) is 106 Å². The van der Waals surface area contributed by atoms with Gasteiger partial charge in [0, 0.05) is 45.6 Å². The van der Waals surface area contributed by atoms with Crippen molar-refractivity contribution in [3.05, 3.63) is 23.3 Å². The molecule has 0 aliphatic rings. The molecule has 0 heterocycles. The van der Waals surface area contributed by atoms with Crippen molar-refractivity contribution in [2.45, 2.75) is 106 Å². The molecule has 0 fully saturated rings. The quantitative estimate of drug-likeness (QED) is 0.0811. The van der Waals surface area contributed by atoms with Crippen molar-refractivity contribution in [2.24, 2.45) is 10.8 Å². The number of benzene rings is 1. The molecule has 1 aromatic carbocycles. The average Bonchev–Trinajstić information content (AvgIpc) is 2.88. The maximum Gasteiger partial charge on any atom is 0.123 e. The summed E-state index contributed by atoms with van der Waals surface area (Å²) in [6, 6.07) is 4.71. The Morgan fingerprint density at radius 3 is 1.11 bits per heavy atom. The van der Waals surface area contributed by atoms with Crippen LogP contribution in [0.4, 0.5) is 0 Å². The number of thioether (sulfide) groups is 4. The van der Waals surface area contributed by atoms with Gasteiger partial charge in [-0.25, -0.2) is 0 Å². The molecule has 0 spiro atoms. The van der Waals surface area contributed by atoms with E-state index in [-0.39, 0.29) is 21.7 Å². The van der Waals surface area contributed by atoms with Crippen LogP contribution in [0.2, 0.25) is 0 Å². The summed E-state index contributed by atoms with van der Waals surface area (Å²) in [6.07, 6.45) is 4.26. The summed E-state index contributed by atoms with van der Waals surface area (Å²) in [4.78, 5) is 0.